The number of likely N-dealkylation sites (tertiary alicyclic amines) is 1. The van der Waals surface area contributed by atoms with Crippen molar-refractivity contribution in [2.45, 2.75) is 39.7 Å². The average molecular weight is 465 g/mol. The number of carbonyl (C=O) groups is 3. The summed E-state index contributed by atoms with van der Waals surface area (Å²) in [5, 5.41) is 12.2. The van der Waals surface area contributed by atoms with Gasteiger partial charge in [-0.25, -0.2) is 4.79 Å². The second-order valence-corrected chi connectivity index (χ2v) is 10.4. The second kappa shape index (κ2) is 9.12. The molecule has 7 nitrogen and oxygen atoms in total. The number of carboxylic acids is 1. The molecule has 0 aromatic heterocycles. The first kappa shape index (κ1) is 23.8. The summed E-state index contributed by atoms with van der Waals surface area (Å²) in [5.74, 6) is -2.00. The number of benzene rings is 2. The first-order valence-electron chi connectivity index (χ1n) is 11.7. The molecular weight excluding hydrogens is 432 g/mol. The van der Waals surface area contributed by atoms with Gasteiger partial charge in [0.1, 0.15) is 12.6 Å². The van der Waals surface area contributed by atoms with Crippen LogP contribution in [0.3, 0.4) is 0 Å². The number of rotatable bonds is 5. The molecule has 1 saturated heterocycles. The third-order valence-corrected chi connectivity index (χ3v) is 6.96. The second-order valence-electron chi connectivity index (χ2n) is 10.4. The highest BCUT2D eigenvalue weighted by Gasteiger charge is 2.42. The van der Waals surface area contributed by atoms with Crippen molar-refractivity contribution in [2.75, 3.05) is 19.7 Å². The fraction of sp³-hybridized carbons (Fsp3) is 0.444. The van der Waals surface area contributed by atoms with Crippen molar-refractivity contribution in [1.82, 2.24) is 10.2 Å². The van der Waals surface area contributed by atoms with Crippen molar-refractivity contribution in [3.63, 3.8) is 0 Å². The number of alkyl carbamates (subject to hydrolysis) is 1. The van der Waals surface area contributed by atoms with E-state index in [0.29, 0.717) is 6.54 Å². The van der Waals surface area contributed by atoms with E-state index in [9.17, 15) is 19.5 Å². The molecule has 34 heavy (non-hydrogen) atoms. The Balaban J connectivity index is 1.45. The molecular formula is C27H32N2O5. The van der Waals surface area contributed by atoms with Gasteiger partial charge in [-0.1, -0.05) is 76.2 Å². The van der Waals surface area contributed by atoms with Gasteiger partial charge in [-0.05, 0) is 33.6 Å². The molecule has 1 aliphatic heterocycles. The van der Waals surface area contributed by atoms with Gasteiger partial charge in [0.2, 0.25) is 5.91 Å². The van der Waals surface area contributed by atoms with Crippen LogP contribution >= 0.6 is 0 Å². The highest BCUT2D eigenvalue weighted by molar-refractivity contribution is 5.87. The number of hydrogen-bond donors (Lipinski definition) is 2. The minimum Gasteiger partial charge on any atom is -0.481 e. The van der Waals surface area contributed by atoms with Crippen LogP contribution < -0.4 is 5.32 Å². The molecule has 0 bridgehead atoms. The lowest BCUT2D eigenvalue weighted by Gasteiger charge is -2.33. The van der Waals surface area contributed by atoms with E-state index in [1.807, 2.05) is 52.0 Å². The van der Waals surface area contributed by atoms with E-state index in [0.717, 1.165) is 22.3 Å². The largest absolute Gasteiger partial charge is 0.481 e. The Kier molecular flexibility index (Phi) is 6.39. The molecule has 0 radical (unpaired) electrons. The van der Waals surface area contributed by atoms with Crippen molar-refractivity contribution in [3.05, 3.63) is 59.7 Å². The minimum absolute atomic E-state index is 0.0716. The summed E-state index contributed by atoms with van der Waals surface area (Å²) >= 11 is 0. The summed E-state index contributed by atoms with van der Waals surface area (Å²) < 4.78 is 5.64. The van der Waals surface area contributed by atoms with Gasteiger partial charge in [0.05, 0.1) is 5.92 Å². The Bertz CT molecular complexity index is 1060. The van der Waals surface area contributed by atoms with Gasteiger partial charge in [0.25, 0.3) is 0 Å². The third-order valence-electron chi connectivity index (χ3n) is 6.96. The number of carbonyl (C=O) groups excluding carboxylic acids is 2. The third kappa shape index (κ3) is 4.52. The van der Waals surface area contributed by atoms with Crippen molar-refractivity contribution < 1.29 is 24.2 Å². The maximum atomic E-state index is 13.3. The molecule has 1 aliphatic carbocycles. The Labute approximate surface area is 200 Å². The van der Waals surface area contributed by atoms with E-state index >= 15 is 0 Å². The van der Waals surface area contributed by atoms with E-state index in [1.54, 1.807) is 4.90 Å². The summed E-state index contributed by atoms with van der Waals surface area (Å²) in [6.07, 6.45) is -0.655. The van der Waals surface area contributed by atoms with Crippen LogP contribution in [0, 0.1) is 17.3 Å². The van der Waals surface area contributed by atoms with Crippen molar-refractivity contribution >= 4 is 18.0 Å². The topological polar surface area (TPSA) is 95.9 Å². The molecule has 2 aliphatic rings. The first-order valence-corrected chi connectivity index (χ1v) is 11.7. The molecule has 2 amide bonds. The van der Waals surface area contributed by atoms with Crippen LogP contribution in [-0.4, -0.2) is 53.7 Å². The maximum Gasteiger partial charge on any atom is 0.407 e. The predicted octanol–water partition coefficient (Wildman–Crippen LogP) is 4.12. The SMILES string of the molecule is CC1CN(C(=O)[C@H](NC(=O)OCC2c3ccccc3-c3ccccc32)C(C)(C)C)CC1C(=O)O. The number of aliphatic carboxylic acids is 1. The molecule has 0 saturated carbocycles. The fourth-order valence-corrected chi connectivity index (χ4v) is 5.06. The number of amides is 2. The van der Waals surface area contributed by atoms with E-state index in [4.69, 9.17) is 4.74 Å². The minimum atomic E-state index is -0.903. The Morgan fingerprint density at radius 2 is 1.59 bits per heavy atom. The number of fused-ring (bicyclic) bond motifs is 3. The quantitative estimate of drug-likeness (QED) is 0.694. The van der Waals surface area contributed by atoms with Gasteiger partial charge in [-0.2, -0.15) is 0 Å². The fourth-order valence-electron chi connectivity index (χ4n) is 5.06. The molecule has 180 valence electrons. The van der Waals surface area contributed by atoms with Crippen LogP contribution in [0.4, 0.5) is 4.79 Å². The molecule has 2 aromatic carbocycles. The lowest BCUT2D eigenvalue weighted by atomic mass is 9.86. The maximum absolute atomic E-state index is 13.3. The first-order chi connectivity index (χ1) is 16.1. The summed E-state index contributed by atoms with van der Waals surface area (Å²) in [4.78, 5) is 39.2. The summed E-state index contributed by atoms with van der Waals surface area (Å²) in [6, 6.07) is 15.4. The summed E-state index contributed by atoms with van der Waals surface area (Å²) in [5.41, 5.74) is 3.95. The zero-order valence-electron chi connectivity index (χ0n) is 20.1. The molecule has 2 N–H and O–H groups in total. The van der Waals surface area contributed by atoms with Crippen LogP contribution in [0.25, 0.3) is 11.1 Å². The zero-order valence-corrected chi connectivity index (χ0v) is 20.1. The molecule has 7 heteroatoms. The van der Waals surface area contributed by atoms with Gasteiger partial charge in [0.15, 0.2) is 0 Å². The van der Waals surface area contributed by atoms with Crippen LogP contribution in [0.1, 0.15) is 44.7 Å². The van der Waals surface area contributed by atoms with Gasteiger partial charge < -0.3 is 20.1 Å². The molecule has 1 heterocycles. The predicted molar refractivity (Wildman–Crippen MR) is 128 cm³/mol. The van der Waals surface area contributed by atoms with E-state index in [-0.39, 0.29) is 30.9 Å². The van der Waals surface area contributed by atoms with Gasteiger partial charge in [-0.15, -0.1) is 0 Å². The monoisotopic (exact) mass is 464 g/mol. The molecule has 0 spiro atoms. The lowest BCUT2D eigenvalue weighted by molar-refractivity contribution is -0.142. The standard InChI is InChI=1S/C27H32N2O5/c1-16-13-29(14-21(16)25(31)32)24(30)23(27(2,3)4)28-26(33)34-15-22-19-11-7-5-9-17(19)18-10-6-8-12-20(18)22/h5-12,16,21-23H,13-15H2,1-4H3,(H,28,33)(H,31,32)/t16?,21?,23-/m0/s1. The Morgan fingerprint density at radius 3 is 2.09 bits per heavy atom. The number of hydrogen-bond acceptors (Lipinski definition) is 4. The number of carboxylic acid groups (broad SMARTS) is 1. The van der Waals surface area contributed by atoms with Crippen LogP contribution in [0.5, 0.6) is 0 Å². The Morgan fingerprint density at radius 1 is 1.03 bits per heavy atom. The summed E-state index contributed by atoms with van der Waals surface area (Å²) in [7, 11) is 0. The van der Waals surface area contributed by atoms with E-state index in [2.05, 4.69) is 29.6 Å². The normalized spacial score (nSPS) is 20.4. The smallest absolute Gasteiger partial charge is 0.407 e. The van der Waals surface area contributed by atoms with Gasteiger partial charge in [-0.3, -0.25) is 9.59 Å². The number of ether oxygens (including phenoxy) is 1. The van der Waals surface area contributed by atoms with Crippen LogP contribution in [-0.2, 0) is 14.3 Å². The lowest BCUT2D eigenvalue weighted by Crippen LogP contribution is -2.54. The molecule has 4 rings (SSSR count). The van der Waals surface area contributed by atoms with Crippen molar-refractivity contribution in [2.24, 2.45) is 17.3 Å². The zero-order chi connectivity index (χ0) is 24.6. The molecule has 1 fully saturated rings. The van der Waals surface area contributed by atoms with Crippen molar-refractivity contribution in [3.8, 4) is 11.1 Å². The number of nitrogens with one attached hydrogen (secondary N) is 1. The van der Waals surface area contributed by atoms with E-state index < -0.39 is 29.4 Å². The Hall–Kier alpha value is -3.35. The van der Waals surface area contributed by atoms with Gasteiger partial charge in [0, 0.05) is 19.0 Å². The highest BCUT2D eigenvalue weighted by atomic mass is 16.5. The molecule has 2 aromatic rings. The van der Waals surface area contributed by atoms with Crippen LogP contribution in [0.15, 0.2) is 48.5 Å². The van der Waals surface area contributed by atoms with Crippen molar-refractivity contribution in [1.29, 1.82) is 0 Å². The van der Waals surface area contributed by atoms with Crippen LogP contribution in [0.2, 0.25) is 0 Å². The molecule has 3 atom stereocenters. The van der Waals surface area contributed by atoms with Gasteiger partial charge >= 0.3 is 12.1 Å². The summed E-state index contributed by atoms with van der Waals surface area (Å²) in [6.45, 7) is 8.10. The average Bonchev–Trinajstić information content (AvgIpc) is 3.33. The van der Waals surface area contributed by atoms with E-state index in [1.165, 1.54) is 0 Å². The number of nitrogens with zero attached hydrogens (tertiary/aromatic N) is 1. The molecule has 2 unspecified atom stereocenters. The highest BCUT2D eigenvalue weighted by Crippen LogP contribution is 2.44.